The Morgan fingerprint density at radius 2 is 1.66 bits per heavy atom. The number of hydrogen-bond acceptors (Lipinski definition) is 8. The molecule has 0 bridgehead atoms. The minimum atomic E-state index is -3.96. The van der Waals surface area contributed by atoms with Crippen molar-refractivity contribution in [2.75, 3.05) is 38.3 Å². The van der Waals surface area contributed by atoms with Crippen molar-refractivity contribution in [3.05, 3.63) is 60.4 Å². The van der Waals surface area contributed by atoms with Gasteiger partial charge in [-0.25, -0.2) is 18.4 Å². The third-order valence-electron chi connectivity index (χ3n) is 4.40. The normalized spacial score (nSPS) is 11.2. The third-order valence-corrected chi connectivity index (χ3v) is 5.76. The van der Waals surface area contributed by atoms with Crippen LogP contribution >= 0.6 is 0 Å². The molecule has 0 atom stereocenters. The van der Waals surface area contributed by atoms with Crippen molar-refractivity contribution >= 4 is 15.8 Å². The molecule has 0 aliphatic heterocycles. The van der Waals surface area contributed by atoms with E-state index in [1.54, 1.807) is 19.2 Å². The minimum absolute atomic E-state index is 0.00655. The van der Waals surface area contributed by atoms with E-state index in [0.29, 0.717) is 30.1 Å². The van der Waals surface area contributed by atoms with Crippen molar-refractivity contribution in [1.29, 1.82) is 0 Å². The van der Waals surface area contributed by atoms with E-state index < -0.39 is 10.0 Å². The number of anilines is 1. The number of benzene rings is 2. The number of ether oxygens (including phenoxy) is 3. The number of methoxy groups -OCH3 is 1. The maximum absolute atomic E-state index is 13.0. The zero-order valence-electron chi connectivity index (χ0n) is 17.8. The fourth-order valence-electron chi connectivity index (χ4n) is 2.82. The fraction of sp³-hybridized carbons (Fsp3) is 0.273. The van der Waals surface area contributed by atoms with Gasteiger partial charge in [-0.1, -0.05) is 29.8 Å². The average Bonchev–Trinajstić information content (AvgIpc) is 2.79. The zero-order valence-corrected chi connectivity index (χ0v) is 18.6. The van der Waals surface area contributed by atoms with Gasteiger partial charge in [0.2, 0.25) is 5.88 Å². The van der Waals surface area contributed by atoms with Gasteiger partial charge in [-0.3, -0.25) is 4.72 Å². The molecule has 0 saturated heterocycles. The van der Waals surface area contributed by atoms with Crippen molar-refractivity contribution in [2.45, 2.75) is 11.8 Å². The van der Waals surface area contributed by atoms with Crippen LogP contribution in [0.4, 0.5) is 5.82 Å². The summed E-state index contributed by atoms with van der Waals surface area (Å²) in [6.07, 6.45) is 1.20. The molecule has 3 rings (SSSR count). The third kappa shape index (κ3) is 5.94. The lowest BCUT2D eigenvalue weighted by atomic mass is 10.1. The number of aliphatic hydroxyl groups is 1. The molecule has 0 amide bonds. The Kier molecular flexibility index (Phi) is 7.98. The van der Waals surface area contributed by atoms with Crippen molar-refractivity contribution < 1.29 is 27.7 Å². The first kappa shape index (κ1) is 23.5. The summed E-state index contributed by atoms with van der Waals surface area (Å²) < 4.78 is 44.5. The molecule has 10 heteroatoms. The van der Waals surface area contributed by atoms with Gasteiger partial charge in [0.1, 0.15) is 25.3 Å². The highest BCUT2D eigenvalue weighted by Crippen LogP contribution is 2.35. The molecule has 0 unspecified atom stereocenters. The van der Waals surface area contributed by atoms with E-state index in [-0.39, 0.29) is 29.8 Å². The zero-order chi connectivity index (χ0) is 23.0. The first-order chi connectivity index (χ1) is 15.4. The summed E-state index contributed by atoms with van der Waals surface area (Å²) in [7, 11) is -2.38. The lowest BCUT2D eigenvalue weighted by Crippen LogP contribution is -2.16. The Hall–Kier alpha value is -3.21. The van der Waals surface area contributed by atoms with Gasteiger partial charge in [0, 0.05) is 7.11 Å². The number of hydrogen-bond donors (Lipinski definition) is 2. The molecule has 1 aromatic heterocycles. The smallest absolute Gasteiger partial charge is 0.263 e. The molecular formula is C22H25N3O6S. The van der Waals surface area contributed by atoms with E-state index in [9.17, 15) is 8.42 Å². The molecule has 3 aromatic rings. The molecule has 0 aliphatic carbocycles. The summed E-state index contributed by atoms with van der Waals surface area (Å²) in [6.45, 7) is 2.53. The van der Waals surface area contributed by atoms with Crippen LogP contribution in [0.1, 0.15) is 5.56 Å². The highest BCUT2D eigenvalue weighted by Gasteiger charge is 2.21. The monoisotopic (exact) mass is 459 g/mol. The number of nitrogens with one attached hydrogen (secondary N) is 1. The molecule has 0 fully saturated rings. The van der Waals surface area contributed by atoms with E-state index in [1.165, 1.54) is 18.5 Å². The van der Waals surface area contributed by atoms with Crippen LogP contribution in [-0.4, -0.2) is 57.0 Å². The van der Waals surface area contributed by atoms with E-state index in [0.717, 1.165) is 5.56 Å². The van der Waals surface area contributed by atoms with Crippen molar-refractivity contribution in [3.63, 3.8) is 0 Å². The van der Waals surface area contributed by atoms with Gasteiger partial charge in [0.25, 0.3) is 10.0 Å². The highest BCUT2D eigenvalue weighted by molar-refractivity contribution is 7.92. The molecule has 2 N–H and O–H groups in total. The van der Waals surface area contributed by atoms with E-state index in [1.807, 2.05) is 31.2 Å². The second-order valence-electron chi connectivity index (χ2n) is 6.76. The van der Waals surface area contributed by atoms with Crippen LogP contribution in [0.3, 0.4) is 0 Å². The Labute approximate surface area is 187 Å². The van der Waals surface area contributed by atoms with Gasteiger partial charge < -0.3 is 19.3 Å². The van der Waals surface area contributed by atoms with Crippen LogP contribution in [0, 0.1) is 6.92 Å². The van der Waals surface area contributed by atoms with Gasteiger partial charge >= 0.3 is 0 Å². The molecule has 0 spiro atoms. The molecule has 32 heavy (non-hydrogen) atoms. The van der Waals surface area contributed by atoms with Gasteiger partial charge in [-0.05, 0) is 36.8 Å². The van der Waals surface area contributed by atoms with Crippen LogP contribution in [-0.2, 0) is 14.8 Å². The Morgan fingerprint density at radius 3 is 2.31 bits per heavy atom. The fourth-order valence-corrected chi connectivity index (χ4v) is 3.84. The standard InChI is InChI=1S/C22H25N3O6S/c1-16-3-5-17(6-4-16)20-21(23-15-24-22(20)31-12-11-26)25-32(27,28)19-9-7-18(8-10-19)30-14-13-29-2/h3-10,15,26H,11-14H2,1-2H3,(H,23,24,25). The number of aryl methyl sites for hydroxylation is 1. The average molecular weight is 460 g/mol. The van der Waals surface area contributed by atoms with Crippen molar-refractivity contribution in [1.82, 2.24) is 9.97 Å². The molecule has 2 aromatic carbocycles. The molecular weight excluding hydrogens is 434 g/mol. The second-order valence-corrected chi connectivity index (χ2v) is 8.44. The number of aromatic nitrogens is 2. The van der Waals surface area contributed by atoms with Crippen LogP contribution in [0.25, 0.3) is 11.1 Å². The summed E-state index contributed by atoms with van der Waals surface area (Å²) in [4.78, 5) is 8.31. The number of sulfonamides is 1. The molecule has 0 radical (unpaired) electrons. The van der Waals surface area contributed by atoms with Crippen LogP contribution in [0.2, 0.25) is 0 Å². The van der Waals surface area contributed by atoms with E-state index in [4.69, 9.17) is 19.3 Å². The molecule has 1 heterocycles. The van der Waals surface area contributed by atoms with Gasteiger partial charge in [0.15, 0.2) is 5.82 Å². The minimum Gasteiger partial charge on any atom is -0.491 e. The van der Waals surface area contributed by atoms with Crippen LogP contribution in [0.15, 0.2) is 59.8 Å². The Bertz CT molecular complexity index is 1120. The summed E-state index contributed by atoms with van der Waals surface area (Å²) in [5, 5.41) is 9.12. The van der Waals surface area contributed by atoms with Gasteiger partial charge in [0.05, 0.1) is 23.7 Å². The van der Waals surface area contributed by atoms with Crippen molar-refractivity contribution in [3.8, 4) is 22.8 Å². The molecule has 0 saturated carbocycles. The van der Waals surface area contributed by atoms with Gasteiger partial charge in [-0.15, -0.1) is 0 Å². The SMILES string of the molecule is COCCOc1ccc(S(=O)(=O)Nc2ncnc(OCCO)c2-c2ccc(C)cc2)cc1. The maximum Gasteiger partial charge on any atom is 0.263 e. The van der Waals surface area contributed by atoms with Crippen LogP contribution in [0.5, 0.6) is 11.6 Å². The Morgan fingerprint density at radius 1 is 0.938 bits per heavy atom. The molecule has 170 valence electrons. The second kappa shape index (κ2) is 10.9. The summed E-state index contributed by atoms with van der Waals surface area (Å²) >= 11 is 0. The maximum atomic E-state index is 13.0. The first-order valence-corrected chi connectivity index (χ1v) is 11.3. The lowest BCUT2D eigenvalue weighted by Gasteiger charge is -2.15. The van der Waals surface area contributed by atoms with Gasteiger partial charge in [-0.2, -0.15) is 0 Å². The number of nitrogens with zero attached hydrogens (tertiary/aromatic N) is 2. The molecule has 0 aliphatic rings. The van der Waals surface area contributed by atoms with E-state index >= 15 is 0 Å². The van der Waals surface area contributed by atoms with E-state index in [2.05, 4.69) is 14.7 Å². The lowest BCUT2D eigenvalue weighted by molar-refractivity contribution is 0.146. The predicted molar refractivity (Wildman–Crippen MR) is 119 cm³/mol. The predicted octanol–water partition coefficient (Wildman–Crippen LogP) is 2.65. The van der Waals surface area contributed by atoms with Crippen molar-refractivity contribution in [2.24, 2.45) is 0 Å². The number of rotatable bonds is 11. The highest BCUT2D eigenvalue weighted by atomic mass is 32.2. The molecule has 9 nitrogen and oxygen atoms in total. The Balaban J connectivity index is 1.92. The largest absolute Gasteiger partial charge is 0.491 e. The topological polar surface area (TPSA) is 120 Å². The quantitative estimate of drug-likeness (QED) is 0.420. The van der Waals surface area contributed by atoms with Crippen LogP contribution < -0.4 is 14.2 Å². The summed E-state index contributed by atoms with van der Waals surface area (Å²) in [6, 6.07) is 13.5. The summed E-state index contributed by atoms with van der Waals surface area (Å²) in [5.41, 5.74) is 2.09. The summed E-state index contributed by atoms with van der Waals surface area (Å²) in [5.74, 6) is 0.762. The first-order valence-electron chi connectivity index (χ1n) is 9.85. The number of aliphatic hydroxyl groups excluding tert-OH is 1.